The van der Waals surface area contributed by atoms with Gasteiger partial charge in [-0.15, -0.1) is 0 Å². The van der Waals surface area contributed by atoms with Crippen LogP contribution in [0.25, 0.3) is 16.5 Å². The van der Waals surface area contributed by atoms with E-state index in [0.717, 1.165) is 21.9 Å². The lowest BCUT2D eigenvalue weighted by molar-refractivity contribution is 0.217. The number of methoxy groups -OCH3 is 1. The summed E-state index contributed by atoms with van der Waals surface area (Å²) in [5.74, 6) is 0.946. The van der Waals surface area contributed by atoms with E-state index in [0.29, 0.717) is 12.2 Å². The number of fused-ring (bicyclic) bond motifs is 3. The van der Waals surface area contributed by atoms with Crippen LogP contribution in [-0.2, 0) is 11.2 Å². The van der Waals surface area contributed by atoms with Gasteiger partial charge in [0.2, 0.25) is 0 Å². The molecule has 0 saturated carbocycles. The molecule has 1 aliphatic rings. The molecule has 2 aromatic carbocycles. The van der Waals surface area contributed by atoms with Crippen molar-refractivity contribution in [2.75, 3.05) is 7.11 Å². The third-order valence-electron chi connectivity index (χ3n) is 3.33. The van der Waals surface area contributed by atoms with Crippen molar-refractivity contribution in [3.63, 3.8) is 0 Å². The van der Waals surface area contributed by atoms with E-state index in [9.17, 15) is 10.2 Å². The SMILES string of the molecule is COC1=CC(O)Cc2ccc3cc(O)ccc3c21. The Kier molecular flexibility index (Phi) is 2.49. The third-order valence-corrected chi connectivity index (χ3v) is 3.33. The second-order valence-corrected chi connectivity index (χ2v) is 4.51. The Morgan fingerprint density at radius 1 is 1.22 bits per heavy atom. The molecule has 0 fully saturated rings. The van der Waals surface area contributed by atoms with E-state index in [-0.39, 0.29) is 5.75 Å². The number of hydrogen-bond acceptors (Lipinski definition) is 3. The lowest BCUT2D eigenvalue weighted by atomic mass is 9.89. The van der Waals surface area contributed by atoms with Gasteiger partial charge in [0.05, 0.1) is 13.2 Å². The zero-order valence-corrected chi connectivity index (χ0v) is 10.1. The predicted molar refractivity (Wildman–Crippen MR) is 70.3 cm³/mol. The Labute approximate surface area is 105 Å². The number of ether oxygens (including phenoxy) is 1. The number of aliphatic hydroxyl groups is 1. The van der Waals surface area contributed by atoms with Crippen molar-refractivity contribution in [3.05, 3.63) is 47.5 Å². The molecule has 3 rings (SSSR count). The van der Waals surface area contributed by atoms with E-state index in [1.165, 1.54) is 0 Å². The highest BCUT2D eigenvalue weighted by Gasteiger charge is 2.20. The second kappa shape index (κ2) is 4.03. The fourth-order valence-electron chi connectivity index (χ4n) is 2.54. The number of hydrogen-bond donors (Lipinski definition) is 2. The van der Waals surface area contributed by atoms with Gasteiger partial charge in [0.1, 0.15) is 11.5 Å². The van der Waals surface area contributed by atoms with Gasteiger partial charge in [-0.25, -0.2) is 0 Å². The molecule has 92 valence electrons. The molecule has 18 heavy (non-hydrogen) atoms. The minimum Gasteiger partial charge on any atom is -0.508 e. The molecule has 2 N–H and O–H groups in total. The molecule has 1 unspecified atom stereocenters. The van der Waals surface area contributed by atoms with E-state index < -0.39 is 6.10 Å². The first-order chi connectivity index (χ1) is 8.69. The van der Waals surface area contributed by atoms with Crippen molar-refractivity contribution >= 4 is 16.5 Å². The summed E-state index contributed by atoms with van der Waals surface area (Å²) in [5, 5.41) is 21.3. The predicted octanol–water partition coefficient (Wildman–Crippen LogP) is 2.45. The monoisotopic (exact) mass is 242 g/mol. The van der Waals surface area contributed by atoms with Gasteiger partial charge in [-0.05, 0) is 40.6 Å². The smallest absolute Gasteiger partial charge is 0.125 e. The fourth-order valence-corrected chi connectivity index (χ4v) is 2.54. The Hall–Kier alpha value is -2.00. The van der Waals surface area contributed by atoms with Crippen molar-refractivity contribution in [1.82, 2.24) is 0 Å². The van der Waals surface area contributed by atoms with E-state index in [2.05, 4.69) is 0 Å². The zero-order valence-electron chi connectivity index (χ0n) is 10.1. The minimum atomic E-state index is -0.498. The zero-order chi connectivity index (χ0) is 12.7. The molecule has 2 aromatic rings. The topological polar surface area (TPSA) is 49.7 Å². The Morgan fingerprint density at radius 2 is 2.06 bits per heavy atom. The van der Waals surface area contributed by atoms with Crippen LogP contribution in [0.2, 0.25) is 0 Å². The summed E-state index contributed by atoms with van der Waals surface area (Å²) >= 11 is 0. The van der Waals surface area contributed by atoms with E-state index in [4.69, 9.17) is 4.74 Å². The lowest BCUT2D eigenvalue weighted by Gasteiger charge is -2.22. The summed E-state index contributed by atoms with van der Waals surface area (Å²) < 4.78 is 5.36. The van der Waals surface area contributed by atoms with Crippen molar-refractivity contribution in [3.8, 4) is 5.75 Å². The molecular weight excluding hydrogens is 228 g/mol. The minimum absolute atomic E-state index is 0.251. The van der Waals surface area contributed by atoms with Crippen molar-refractivity contribution in [2.24, 2.45) is 0 Å². The van der Waals surface area contributed by atoms with E-state index in [1.54, 1.807) is 25.3 Å². The van der Waals surface area contributed by atoms with Crippen LogP contribution < -0.4 is 0 Å². The molecule has 0 radical (unpaired) electrons. The number of aliphatic hydroxyl groups excluding tert-OH is 1. The molecule has 0 heterocycles. The quantitative estimate of drug-likeness (QED) is 0.807. The number of rotatable bonds is 1. The molecule has 0 amide bonds. The second-order valence-electron chi connectivity index (χ2n) is 4.51. The molecule has 0 bridgehead atoms. The highest BCUT2D eigenvalue weighted by Crippen LogP contribution is 2.34. The lowest BCUT2D eigenvalue weighted by Crippen LogP contribution is -2.15. The maximum atomic E-state index is 9.78. The summed E-state index contributed by atoms with van der Waals surface area (Å²) in [6.45, 7) is 0. The standard InChI is InChI=1S/C15H14O3/c1-18-14-8-12(17)7-10-3-2-9-6-11(16)4-5-13(9)15(10)14/h2-6,8,12,16-17H,7H2,1H3. The molecular formula is C15H14O3. The molecule has 1 aliphatic carbocycles. The molecule has 3 nitrogen and oxygen atoms in total. The highest BCUT2D eigenvalue weighted by atomic mass is 16.5. The first kappa shape index (κ1) is 11.1. The maximum Gasteiger partial charge on any atom is 0.125 e. The summed E-state index contributed by atoms with van der Waals surface area (Å²) in [4.78, 5) is 0. The van der Waals surface area contributed by atoms with Crippen LogP contribution in [0.5, 0.6) is 5.75 Å². The van der Waals surface area contributed by atoms with Crippen molar-refractivity contribution in [1.29, 1.82) is 0 Å². The average Bonchev–Trinajstić information content (AvgIpc) is 2.37. The summed E-state index contributed by atoms with van der Waals surface area (Å²) in [7, 11) is 1.60. The Bertz CT molecular complexity index is 643. The first-order valence-corrected chi connectivity index (χ1v) is 5.88. The van der Waals surface area contributed by atoms with Crippen molar-refractivity contribution in [2.45, 2.75) is 12.5 Å². The fraction of sp³-hybridized carbons (Fsp3) is 0.200. The number of benzene rings is 2. The van der Waals surface area contributed by atoms with E-state index in [1.807, 2.05) is 18.2 Å². The summed E-state index contributed by atoms with van der Waals surface area (Å²) in [6.07, 6.45) is 1.83. The van der Waals surface area contributed by atoms with E-state index >= 15 is 0 Å². The van der Waals surface area contributed by atoms with Crippen LogP contribution in [0.4, 0.5) is 0 Å². The number of phenols is 1. The van der Waals surface area contributed by atoms with Gasteiger partial charge >= 0.3 is 0 Å². The van der Waals surface area contributed by atoms with Gasteiger partial charge in [0.15, 0.2) is 0 Å². The summed E-state index contributed by atoms with van der Waals surface area (Å²) in [5.41, 5.74) is 2.08. The number of phenolic OH excluding ortho intramolecular Hbond substituents is 1. The summed E-state index contributed by atoms with van der Waals surface area (Å²) in [6, 6.07) is 9.22. The Balaban J connectivity index is 2.32. The van der Waals surface area contributed by atoms with Crippen molar-refractivity contribution < 1.29 is 14.9 Å². The van der Waals surface area contributed by atoms with Crippen LogP contribution >= 0.6 is 0 Å². The molecule has 0 aromatic heterocycles. The maximum absolute atomic E-state index is 9.78. The van der Waals surface area contributed by atoms with Gasteiger partial charge < -0.3 is 14.9 Å². The van der Waals surface area contributed by atoms with Gasteiger partial charge in [-0.2, -0.15) is 0 Å². The van der Waals surface area contributed by atoms with Crippen LogP contribution in [0.15, 0.2) is 36.4 Å². The van der Waals surface area contributed by atoms with Gasteiger partial charge in [-0.1, -0.05) is 12.1 Å². The molecule has 3 heteroatoms. The molecule has 1 atom stereocenters. The van der Waals surface area contributed by atoms with Crippen LogP contribution in [-0.4, -0.2) is 23.4 Å². The Morgan fingerprint density at radius 3 is 2.83 bits per heavy atom. The molecule has 0 saturated heterocycles. The van der Waals surface area contributed by atoms with Crippen LogP contribution in [0, 0.1) is 0 Å². The molecule has 0 aliphatic heterocycles. The molecule has 0 spiro atoms. The highest BCUT2D eigenvalue weighted by molar-refractivity contribution is 5.95. The largest absolute Gasteiger partial charge is 0.508 e. The van der Waals surface area contributed by atoms with Gasteiger partial charge in [-0.3, -0.25) is 0 Å². The average molecular weight is 242 g/mol. The normalized spacial score (nSPS) is 18.3. The van der Waals surface area contributed by atoms with Gasteiger partial charge in [0.25, 0.3) is 0 Å². The number of aromatic hydroxyl groups is 1. The van der Waals surface area contributed by atoms with Crippen LogP contribution in [0.1, 0.15) is 11.1 Å². The van der Waals surface area contributed by atoms with Gasteiger partial charge in [0, 0.05) is 12.0 Å². The van der Waals surface area contributed by atoms with Crippen LogP contribution in [0.3, 0.4) is 0 Å². The third kappa shape index (κ3) is 1.64. The first-order valence-electron chi connectivity index (χ1n) is 5.88.